The third kappa shape index (κ3) is 6.57. The molecule has 1 aromatic carbocycles. The quantitative estimate of drug-likeness (QED) is 0.675. The molecule has 0 saturated heterocycles. The van der Waals surface area contributed by atoms with Crippen LogP contribution in [0.3, 0.4) is 0 Å². The molecule has 0 amide bonds. The minimum Gasteiger partial charge on any atom is -0.506 e. The van der Waals surface area contributed by atoms with Crippen LogP contribution >= 0.6 is 11.6 Å². The molecular weight excluding hydrogens is 278 g/mol. The molecule has 0 fully saturated rings. The number of hydrogen-bond donors (Lipinski definition) is 1. The number of phenols is 1. The lowest BCUT2D eigenvalue weighted by atomic mass is 10.2. The highest BCUT2D eigenvalue weighted by atomic mass is 35.5. The van der Waals surface area contributed by atoms with Gasteiger partial charge in [0, 0.05) is 32.8 Å². The van der Waals surface area contributed by atoms with E-state index in [9.17, 15) is 5.11 Å². The first-order chi connectivity index (χ1) is 9.67. The van der Waals surface area contributed by atoms with Crippen molar-refractivity contribution >= 4 is 11.6 Å². The van der Waals surface area contributed by atoms with Crippen LogP contribution in [0, 0.1) is 0 Å². The van der Waals surface area contributed by atoms with Gasteiger partial charge < -0.3 is 14.6 Å². The second-order valence-electron chi connectivity index (χ2n) is 4.46. The summed E-state index contributed by atoms with van der Waals surface area (Å²) in [6, 6.07) is 5.31. The summed E-state index contributed by atoms with van der Waals surface area (Å²) < 4.78 is 10.8. The molecule has 0 aliphatic heterocycles. The highest BCUT2D eigenvalue weighted by Crippen LogP contribution is 2.24. The van der Waals surface area contributed by atoms with Crippen molar-refractivity contribution in [3.05, 3.63) is 28.8 Å². The molecule has 20 heavy (non-hydrogen) atoms. The van der Waals surface area contributed by atoms with Crippen molar-refractivity contribution in [2.24, 2.45) is 0 Å². The van der Waals surface area contributed by atoms with Crippen LogP contribution < -0.4 is 0 Å². The Kier molecular flexibility index (Phi) is 8.62. The van der Waals surface area contributed by atoms with E-state index in [0.717, 1.165) is 38.4 Å². The number of halogens is 1. The summed E-state index contributed by atoms with van der Waals surface area (Å²) in [5.74, 6) is 0.116. The molecule has 0 aromatic heterocycles. The molecular formula is C15H24ClNO3. The number of nitrogens with zero attached hydrogens (tertiary/aromatic N) is 1. The van der Waals surface area contributed by atoms with Crippen molar-refractivity contribution in [3.8, 4) is 5.75 Å². The number of aromatic hydroxyl groups is 1. The molecule has 5 heteroatoms. The normalized spacial score (nSPS) is 11.2. The first-order valence-corrected chi connectivity index (χ1v) is 7.40. The van der Waals surface area contributed by atoms with Gasteiger partial charge in [0.2, 0.25) is 0 Å². The Hall–Kier alpha value is -0.810. The molecule has 1 N–H and O–H groups in total. The maximum absolute atomic E-state index is 9.44. The summed E-state index contributed by atoms with van der Waals surface area (Å²) in [6.45, 7) is 9.30. The maximum Gasteiger partial charge on any atom is 0.134 e. The topological polar surface area (TPSA) is 41.9 Å². The standard InChI is InChI=1S/C15H24ClNO3/c1-3-19-9-7-17(8-10-20-4-2)12-13-5-6-15(18)14(16)11-13/h5-6,11,18H,3-4,7-10,12H2,1-2H3. The lowest BCUT2D eigenvalue weighted by Crippen LogP contribution is -2.30. The van der Waals surface area contributed by atoms with Crippen LogP contribution in [0.2, 0.25) is 5.02 Å². The molecule has 1 aromatic rings. The Morgan fingerprint density at radius 2 is 1.70 bits per heavy atom. The first kappa shape index (κ1) is 17.2. The van der Waals surface area contributed by atoms with E-state index in [1.165, 1.54) is 0 Å². The minimum atomic E-state index is 0.116. The molecule has 0 saturated carbocycles. The maximum atomic E-state index is 9.44. The lowest BCUT2D eigenvalue weighted by Gasteiger charge is -2.22. The van der Waals surface area contributed by atoms with E-state index >= 15 is 0 Å². The van der Waals surface area contributed by atoms with E-state index in [1.54, 1.807) is 12.1 Å². The van der Waals surface area contributed by atoms with Crippen molar-refractivity contribution in [1.82, 2.24) is 4.90 Å². The van der Waals surface area contributed by atoms with Gasteiger partial charge in [-0.2, -0.15) is 0 Å². The zero-order valence-corrected chi connectivity index (χ0v) is 13.0. The Bertz CT molecular complexity index is 377. The highest BCUT2D eigenvalue weighted by molar-refractivity contribution is 6.32. The first-order valence-electron chi connectivity index (χ1n) is 7.02. The highest BCUT2D eigenvalue weighted by Gasteiger charge is 2.08. The summed E-state index contributed by atoms with van der Waals surface area (Å²) in [7, 11) is 0. The van der Waals surface area contributed by atoms with E-state index in [2.05, 4.69) is 4.90 Å². The van der Waals surface area contributed by atoms with Crippen LogP contribution in [0.4, 0.5) is 0 Å². The van der Waals surface area contributed by atoms with E-state index in [4.69, 9.17) is 21.1 Å². The van der Waals surface area contributed by atoms with Gasteiger partial charge >= 0.3 is 0 Å². The SMILES string of the molecule is CCOCCN(CCOCC)Cc1ccc(O)c(Cl)c1. The summed E-state index contributed by atoms with van der Waals surface area (Å²) >= 11 is 5.93. The Balaban J connectivity index is 2.54. The molecule has 0 bridgehead atoms. The number of ether oxygens (including phenoxy) is 2. The van der Waals surface area contributed by atoms with Gasteiger partial charge in [0.25, 0.3) is 0 Å². The van der Waals surface area contributed by atoms with E-state index in [0.29, 0.717) is 18.2 Å². The van der Waals surface area contributed by atoms with Crippen molar-refractivity contribution in [2.45, 2.75) is 20.4 Å². The van der Waals surface area contributed by atoms with Crippen molar-refractivity contribution < 1.29 is 14.6 Å². The van der Waals surface area contributed by atoms with Gasteiger partial charge in [-0.1, -0.05) is 17.7 Å². The molecule has 0 radical (unpaired) electrons. The summed E-state index contributed by atoms with van der Waals surface area (Å²) in [6.07, 6.45) is 0. The molecule has 0 atom stereocenters. The number of benzene rings is 1. The molecule has 0 unspecified atom stereocenters. The molecule has 4 nitrogen and oxygen atoms in total. The van der Waals surface area contributed by atoms with Crippen LogP contribution in [0.5, 0.6) is 5.75 Å². The number of rotatable bonds is 10. The largest absolute Gasteiger partial charge is 0.506 e. The molecule has 1 rings (SSSR count). The fourth-order valence-electron chi connectivity index (χ4n) is 1.85. The van der Waals surface area contributed by atoms with E-state index in [1.807, 2.05) is 19.9 Å². The number of phenolic OH excluding ortho intramolecular Hbond substituents is 1. The molecule has 0 aliphatic rings. The van der Waals surface area contributed by atoms with Crippen molar-refractivity contribution in [1.29, 1.82) is 0 Å². The lowest BCUT2D eigenvalue weighted by molar-refractivity contribution is 0.0798. The van der Waals surface area contributed by atoms with Gasteiger partial charge in [-0.15, -0.1) is 0 Å². The van der Waals surface area contributed by atoms with Gasteiger partial charge in [0.05, 0.1) is 18.2 Å². The zero-order valence-electron chi connectivity index (χ0n) is 12.3. The monoisotopic (exact) mass is 301 g/mol. The third-order valence-electron chi connectivity index (χ3n) is 2.93. The van der Waals surface area contributed by atoms with Crippen LogP contribution in [0.15, 0.2) is 18.2 Å². The van der Waals surface area contributed by atoms with Crippen LogP contribution in [0.25, 0.3) is 0 Å². The van der Waals surface area contributed by atoms with E-state index < -0.39 is 0 Å². The molecule has 0 heterocycles. The van der Waals surface area contributed by atoms with Crippen molar-refractivity contribution in [3.63, 3.8) is 0 Å². The van der Waals surface area contributed by atoms with Crippen LogP contribution in [-0.4, -0.2) is 49.5 Å². The number of hydrogen-bond acceptors (Lipinski definition) is 4. The third-order valence-corrected chi connectivity index (χ3v) is 3.23. The average Bonchev–Trinajstić information content (AvgIpc) is 2.43. The molecule has 114 valence electrons. The van der Waals surface area contributed by atoms with Crippen LogP contribution in [-0.2, 0) is 16.0 Å². The zero-order chi connectivity index (χ0) is 14.8. The summed E-state index contributed by atoms with van der Waals surface area (Å²) in [4.78, 5) is 2.26. The Morgan fingerprint density at radius 3 is 2.20 bits per heavy atom. The second-order valence-corrected chi connectivity index (χ2v) is 4.86. The molecule has 0 aliphatic carbocycles. The fraction of sp³-hybridized carbons (Fsp3) is 0.600. The predicted octanol–water partition coefficient (Wildman–Crippen LogP) is 2.92. The Morgan fingerprint density at radius 1 is 1.10 bits per heavy atom. The van der Waals surface area contributed by atoms with E-state index in [-0.39, 0.29) is 5.75 Å². The predicted molar refractivity (Wildman–Crippen MR) is 81.4 cm³/mol. The second kappa shape index (κ2) is 10.00. The van der Waals surface area contributed by atoms with Gasteiger partial charge in [0.1, 0.15) is 5.75 Å². The van der Waals surface area contributed by atoms with Gasteiger partial charge in [-0.3, -0.25) is 4.90 Å². The van der Waals surface area contributed by atoms with Crippen LogP contribution in [0.1, 0.15) is 19.4 Å². The smallest absolute Gasteiger partial charge is 0.134 e. The van der Waals surface area contributed by atoms with Gasteiger partial charge in [-0.05, 0) is 31.5 Å². The summed E-state index contributed by atoms with van der Waals surface area (Å²) in [5.41, 5.74) is 1.07. The Labute approximate surface area is 126 Å². The fourth-order valence-corrected chi connectivity index (χ4v) is 2.06. The summed E-state index contributed by atoms with van der Waals surface area (Å²) in [5, 5.41) is 9.83. The average molecular weight is 302 g/mol. The molecule has 0 spiro atoms. The van der Waals surface area contributed by atoms with Crippen molar-refractivity contribution in [2.75, 3.05) is 39.5 Å². The van der Waals surface area contributed by atoms with Gasteiger partial charge in [0.15, 0.2) is 0 Å². The van der Waals surface area contributed by atoms with Gasteiger partial charge in [-0.25, -0.2) is 0 Å². The minimum absolute atomic E-state index is 0.116.